The summed E-state index contributed by atoms with van der Waals surface area (Å²) in [4.78, 5) is 12.1. The maximum atomic E-state index is 13.6. The highest BCUT2D eigenvalue weighted by Gasteiger charge is 2.14. The Hall–Kier alpha value is -2.37. The van der Waals surface area contributed by atoms with E-state index in [1.165, 1.54) is 12.1 Å². The Labute approximate surface area is 116 Å². The highest BCUT2D eigenvalue weighted by molar-refractivity contribution is 5.99. The third-order valence-corrected chi connectivity index (χ3v) is 3.28. The van der Waals surface area contributed by atoms with Crippen molar-refractivity contribution >= 4 is 11.6 Å². The number of hydrogen-bond acceptors (Lipinski definition) is 3. The SMILES string of the molecule is CNc1c(F)cccc1C(=O)NCc1cnn(C)c1C. The molecule has 0 fully saturated rings. The van der Waals surface area contributed by atoms with Gasteiger partial charge in [-0.3, -0.25) is 9.48 Å². The van der Waals surface area contributed by atoms with Crippen molar-refractivity contribution in [1.29, 1.82) is 0 Å². The molecule has 0 spiro atoms. The van der Waals surface area contributed by atoms with E-state index >= 15 is 0 Å². The second kappa shape index (κ2) is 5.73. The summed E-state index contributed by atoms with van der Waals surface area (Å²) >= 11 is 0. The van der Waals surface area contributed by atoms with Crippen LogP contribution in [-0.2, 0) is 13.6 Å². The molecule has 0 bridgehead atoms. The number of anilines is 1. The van der Waals surface area contributed by atoms with E-state index < -0.39 is 5.82 Å². The Morgan fingerprint density at radius 2 is 2.20 bits per heavy atom. The summed E-state index contributed by atoms with van der Waals surface area (Å²) in [6.07, 6.45) is 1.71. The van der Waals surface area contributed by atoms with Gasteiger partial charge in [-0.25, -0.2) is 4.39 Å². The van der Waals surface area contributed by atoms with Crippen molar-refractivity contribution in [3.8, 4) is 0 Å². The van der Waals surface area contributed by atoms with Crippen molar-refractivity contribution in [2.75, 3.05) is 12.4 Å². The Kier molecular flexibility index (Phi) is 4.02. The number of aryl methyl sites for hydroxylation is 1. The van der Waals surface area contributed by atoms with Gasteiger partial charge in [0.15, 0.2) is 0 Å². The molecule has 2 rings (SSSR count). The second-order valence-corrected chi connectivity index (χ2v) is 4.47. The lowest BCUT2D eigenvalue weighted by molar-refractivity contribution is 0.0951. The zero-order valence-electron chi connectivity index (χ0n) is 11.7. The van der Waals surface area contributed by atoms with E-state index in [0.717, 1.165) is 11.3 Å². The highest BCUT2D eigenvalue weighted by Crippen LogP contribution is 2.19. The van der Waals surface area contributed by atoms with E-state index in [9.17, 15) is 9.18 Å². The minimum atomic E-state index is -0.447. The van der Waals surface area contributed by atoms with E-state index in [0.29, 0.717) is 6.54 Å². The zero-order chi connectivity index (χ0) is 14.7. The average molecular weight is 276 g/mol. The molecule has 5 nitrogen and oxygen atoms in total. The van der Waals surface area contributed by atoms with Gasteiger partial charge in [0.05, 0.1) is 17.4 Å². The lowest BCUT2D eigenvalue weighted by atomic mass is 10.1. The van der Waals surface area contributed by atoms with E-state index in [1.54, 1.807) is 24.0 Å². The molecule has 0 aliphatic rings. The Morgan fingerprint density at radius 1 is 1.45 bits per heavy atom. The molecular formula is C14H17FN4O. The van der Waals surface area contributed by atoms with Gasteiger partial charge in [-0.1, -0.05) is 6.07 Å². The fourth-order valence-corrected chi connectivity index (χ4v) is 1.96. The fourth-order valence-electron chi connectivity index (χ4n) is 1.96. The Bertz CT molecular complexity index is 636. The first kappa shape index (κ1) is 14.0. The first-order valence-corrected chi connectivity index (χ1v) is 6.26. The molecular weight excluding hydrogens is 259 g/mol. The van der Waals surface area contributed by atoms with Gasteiger partial charge in [0.1, 0.15) is 5.82 Å². The lowest BCUT2D eigenvalue weighted by Gasteiger charge is -2.10. The highest BCUT2D eigenvalue weighted by atomic mass is 19.1. The number of carbonyl (C=O) groups excluding carboxylic acids is 1. The molecule has 20 heavy (non-hydrogen) atoms. The van der Waals surface area contributed by atoms with Crippen molar-refractivity contribution in [3.05, 3.63) is 47.0 Å². The summed E-state index contributed by atoms with van der Waals surface area (Å²) in [6.45, 7) is 2.29. The minimum absolute atomic E-state index is 0.202. The van der Waals surface area contributed by atoms with Crippen LogP contribution in [-0.4, -0.2) is 22.7 Å². The van der Waals surface area contributed by atoms with Crippen LogP contribution < -0.4 is 10.6 Å². The number of para-hydroxylation sites is 1. The van der Waals surface area contributed by atoms with Gasteiger partial charge >= 0.3 is 0 Å². The van der Waals surface area contributed by atoms with Gasteiger partial charge in [-0.2, -0.15) is 5.10 Å². The van der Waals surface area contributed by atoms with Crippen molar-refractivity contribution < 1.29 is 9.18 Å². The molecule has 0 saturated heterocycles. The molecule has 0 unspecified atom stereocenters. The van der Waals surface area contributed by atoms with Crippen LogP contribution in [0.3, 0.4) is 0 Å². The maximum Gasteiger partial charge on any atom is 0.253 e. The van der Waals surface area contributed by atoms with E-state index in [2.05, 4.69) is 15.7 Å². The Morgan fingerprint density at radius 3 is 2.80 bits per heavy atom. The number of benzene rings is 1. The van der Waals surface area contributed by atoms with E-state index in [4.69, 9.17) is 0 Å². The van der Waals surface area contributed by atoms with Crippen LogP contribution in [0.4, 0.5) is 10.1 Å². The van der Waals surface area contributed by atoms with Crippen LogP contribution in [0, 0.1) is 12.7 Å². The number of rotatable bonds is 4. The second-order valence-electron chi connectivity index (χ2n) is 4.47. The van der Waals surface area contributed by atoms with E-state index in [-0.39, 0.29) is 17.2 Å². The molecule has 0 saturated carbocycles. The average Bonchev–Trinajstić information content (AvgIpc) is 2.76. The van der Waals surface area contributed by atoms with Crippen molar-refractivity contribution in [3.63, 3.8) is 0 Å². The monoisotopic (exact) mass is 276 g/mol. The first-order chi connectivity index (χ1) is 9.54. The van der Waals surface area contributed by atoms with Gasteiger partial charge in [0.25, 0.3) is 5.91 Å². The topological polar surface area (TPSA) is 59.0 Å². The molecule has 2 N–H and O–H groups in total. The lowest BCUT2D eigenvalue weighted by Crippen LogP contribution is -2.24. The van der Waals surface area contributed by atoms with Crippen molar-refractivity contribution in [2.24, 2.45) is 7.05 Å². The summed E-state index contributed by atoms with van der Waals surface area (Å²) in [5, 5.41) is 9.59. The summed E-state index contributed by atoms with van der Waals surface area (Å²) < 4.78 is 15.3. The molecule has 1 heterocycles. The normalized spacial score (nSPS) is 10.4. The largest absolute Gasteiger partial charge is 0.385 e. The predicted octanol–water partition coefficient (Wildman–Crippen LogP) is 1.84. The zero-order valence-corrected chi connectivity index (χ0v) is 11.7. The standard InChI is InChI=1S/C14H17FN4O/c1-9-10(8-18-19(9)3)7-17-14(20)11-5-4-6-12(15)13(11)16-2/h4-6,8,16H,7H2,1-3H3,(H,17,20). The van der Waals surface area contributed by atoms with Crippen LogP contribution in [0.2, 0.25) is 0 Å². The minimum Gasteiger partial charge on any atom is -0.385 e. The molecule has 0 radical (unpaired) electrons. The van der Waals surface area contributed by atoms with Gasteiger partial charge in [0, 0.05) is 31.9 Å². The molecule has 1 aromatic carbocycles. The van der Waals surface area contributed by atoms with Crippen LogP contribution in [0.1, 0.15) is 21.6 Å². The van der Waals surface area contributed by atoms with Crippen molar-refractivity contribution in [2.45, 2.75) is 13.5 Å². The third kappa shape index (κ3) is 2.64. The predicted molar refractivity (Wildman–Crippen MR) is 75.1 cm³/mol. The molecule has 6 heteroatoms. The molecule has 1 amide bonds. The number of nitrogens with one attached hydrogen (secondary N) is 2. The quantitative estimate of drug-likeness (QED) is 0.896. The number of halogens is 1. The number of hydrogen-bond donors (Lipinski definition) is 2. The van der Waals surface area contributed by atoms with E-state index in [1.807, 2.05) is 14.0 Å². The van der Waals surface area contributed by atoms with Crippen LogP contribution >= 0.6 is 0 Å². The Balaban J connectivity index is 2.13. The van der Waals surface area contributed by atoms with Crippen LogP contribution in [0.25, 0.3) is 0 Å². The fraction of sp³-hybridized carbons (Fsp3) is 0.286. The first-order valence-electron chi connectivity index (χ1n) is 6.26. The molecule has 1 aromatic heterocycles. The number of nitrogens with zero attached hydrogens (tertiary/aromatic N) is 2. The molecule has 2 aromatic rings. The molecule has 0 atom stereocenters. The summed E-state index contributed by atoms with van der Waals surface area (Å²) in [5.74, 6) is -0.769. The van der Waals surface area contributed by atoms with Gasteiger partial charge in [-0.05, 0) is 19.1 Å². The summed E-state index contributed by atoms with van der Waals surface area (Å²) in [7, 11) is 3.42. The number of carbonyl (C=O) groups is 1. The van der Waals surface area contributed by atoms with Gasteiger partial charge in [-0.15, -0.1) is 0 Å². The summed E-state index contributed by atoms with van der Waals surface area (Å²) in [5.41, 5.74) is 2.41. The molecule has 0 aliphatic heterocycles. The molecule has 0 aliphatic carbocycles. The smallest absolute Gasteiger partial charge is 0.253 e. The third-order valence-electron chi connectivity index (χ3n) is 3.28. The number of aromatic nitrogens is 2. The van der Waals surface area contributed by atoms with Gasteiger partial charge < -0.3 is 10.6 Å². The van der Waals surface area contributed by atoms with Crippen LogP contribution in [0.5, 0.6) is 0 Å². The van der Waals surface area contributed by atoms with Crippen molar-refractivity contribution in [1.82, 2.24) is 15.1 Å². The summed E-state index contributed by atoms with van der Waals surface area (Å²) in [6, 6.07) is 4.41. The van der Waals surface area contributed by atoms with Crippen LogP contribution in [0.15, 0.2) is 24.4 Å². The number of amides is 1. The maximum absolute atomic E-state index is 13.6. The molecule has 106 valence electrons. The van der Waals surface area contributed by atoms with Gasteiger partial charge in [0.2, 0.25) is 0 Å².